The van der Waals surface area contributed by atoms with Crippen molar-refractivity contribution >= 4 is 68.8 Å². The van der Waals surface area contributed by atoms with Crippen molar-refractivity contribution in [2.24, 2.45) is 0 Å². The van der Waals surface area contributed by atoms with Crippen molar-refractivity contribution in [1.82, 2.24) is 5.32 Å². The summed E-state index contributed by atoms with van der Waals surface area (Å²) < 4.78 is 0. The summed E-state index contributed by atoms with van der Waals surface area (Å²) in [5.74, 6) is -3.34. The summed E-state index contributed by atoms with van der Waals surface area (Å²) in [5, 5.41) is 20.7. The molecule has 0 spiro atoms. The third-order valence-corrected chi connectivity index (χ3v) is 6.85. The number of benzene rings is 3. The lowest BCUT2D eigenvalue weighted by Gasteiger charge is -2.16. The van der Waals surface area contributed by atoms with Crippen LogP contribution in [0.4, 0.5) is 16.2 Å². The van der Waals surface area contributed by atoms with Crippen molar-refractivity contribution in [3.05, 3.63) is 93.1 Å². The molecule has 37 heavy (non-hydrogen) atoms. The number of para-hydroxylation sites is 1. The Morgan fingerprint density at radius 3 is 2.32 bits per heavy atom. The smallest absolute Gasteiger partial charge is 0.326 e. The van der Waals surface area contributed by atoms with E-state index in [4.69, 9.17) is 11.6 Å². The second kappa shape index (κ2) is 11.2. The molecule has 4 aromatic rings. The Morgan fingerprint density at radius 1 is 0.946 bits per heavy atom. The number of carboxylic acid groups (broad SMARTS) is 1. The fourth-order valence-electron chi connectivity index (χ4n) is 3.77. The Hall–Kier alpha value is -4.21. The van der Waals surface area contributed by atoms with Gasteiger partial charge in [0, 0.05) is 11.3 Å². The van der Waals surface area contributed by atoms with Gasteiger partial charge >= 0.3 is 12.0 Å². The van der Waals surface area contributed by atoms with Crippen LogP contribution in [0.15, 0.2) is 72.1 Å². The molecule has 0 bridgehead atoms. The average Bonchev–Trinajstić information content (AvgIpc) is 3.38. The largest absolute Gasteiger partial charge is 0.480 e. The molecule has 0 aliphatic carbocycles. The molecule has 0 unspecified atom stereocenters. The zero-order chi connectivity index (χ0) is 26.5. The lowest BCUT2D eigenvalue weighted by Crippen LogP contribution is -2.45. The van der Waals surface area contributed by atoms with Crippen molar-refractivity contribution in [3.8, 4) is 0 Å². The predicted molar refractivity (Wildman–Crippen MR) is 145 cm³/mol. The highest BCUT2D eigenvalue weighted by Gasteiger charge is 2.27. The van der Waals surface area contributed by atoms with E-state index in [2.05, 4.69) is 16.0 Å². The highest BCUT2D eigenvalue weighted by atomic mass is 35.5. The lowest BCUT2D eigenvalue weighted by molar-refractivity contribution is -0.141. The highest BCUT2D eigenvalue weighted by molar-refractivity contribution is 7.09. The molecule has 0 aliphatic heterocycles. The zero-order valence-electron chi connectivity index (χ0n) is 19.6. The number of carbonyl (C=O) groups excluding carboxylic acids is 3. The molecule has 4 rings (SSSR count). The summed E-state index contributed by atoms with van der Waals surface area (Å²) in [5.41, 5.74) is 1.15. The Morgan fingerprint density at radius 2 is 1.68 bits per heavy atom. The van der Waals surface area contributed by atoms with Gasteiger partial charge in [0.2, 0.25) is 0 Å². The fourth-order valence-corrected chi connectivity index (χ4v) is 4.79. The maximum atomic E-state index is 13.2. The van der Waals surface area contributed by atoms with Crippen LogP contribution in [0.5, 0.6) is 0 Å². The molecule has 188 valence electrons. The van der Waals surface area contributed by atoms with Crippen LogP contribution in [0.3, 0.4) is 0 Å². The van der Waals surface area contributed by atoms with Gasteiger partial charge in [-0.3, -0.25) is 9.59 Å². The summed E-state index contributed by atoms with van der Waals surface area (Å²) in [6.45, 7) is 1.78. The van der Waals surface area contributed by atoms with Crippen LogP contribution in [-0.2, 0) is 16.0 Å². The number of nitrogens with one attached hydrogen (secondary N) is 3. The van der Waals surface area contributed by atoms with Crippen LogP contribution in [0.2, 0.25) is 5.02 Å². The van der Waals surface area contributed by atoms with Gasteiger partial charge in [0.1, 0.15) is 6.04 Å². The first-order valence-electron chi connectivity index (χ1n) is 11.2. The van der Waals surface area contributed by atoms with E-state index in [9.17, 15) is 24.3 Å². The number of halogens is 1. The van der Waals surface area contributed by atoms with Crippen molar-refractivity contribution in [2.45, 2.75) is 19.4 Å². The monoisotopic (exact) mass is 535 g/mol. The number of fused-ring (bicyclic) bond motifs is 1. The molecule has 0 saturated carbocycles. The SMILES string of the molecule is Cc1cccc(Cl)c1NC(=O)Nc1cc2ccccc2cc1C(=O)C(=O)N[C@@H](Cc1cccs1)C(=O)O. The van der Waals surface area contributed by atoms with Gasteiger partial charge in [0.05, 0.1) is 22.0 Å². The van der Waals surface area contributed by atoms with Gasteiger partial charge in [0.15, 0.2) is 0 Å². The van der Waals surface area contributed by atoms with Crippen molar-refractivity contribution < 1.29 is 24.3 Å². The maximum absolute atomic E-state index is 13.2. The molecule has 0 saturated heterocycles. The average molecular weight is 536 g/mol. The summed E-state index contributed by atoms with van der Waals surface area (Å²) in [7, 11) is 0. The quantitative estimate of drug-likeness (QED) is 0.175. The Kier molecular flexibility index (Phi) is 7.86. The molecule has 4 N–H and O–H groups in total. The number of amides is 3. The van der Waals surface area contributed by atoms with Crippen LogP contribution in [-0.4, -0.2) is 34.8 Å². The number of thiophene rings is 1. The number of hydrogen-bond donors (Lipinski definition) is 4. The van der Waals surface area contributed by atoms with E-state index in [-0.39, 0.29) is 17.7 Å². The lowest BCUT2D eigenvalue weighted by atomic mass is 10.0. The Bertz CT molecular complexity index is 1480. The summed E-state index contributed by atoms with van der Waals surface area (Å²) in [6, 6.07) is 16.9. The topological polar surface area (TPSA) is 125 Å². The normalized spacial score (nSPS) is 11.5. The molecular formula is C27H22ClN3O5S. The van der Waals surface area contributed by atoms with E-state index >= 15 is 0 Å². The molecule has 10 heteroatoms. The van der Waals surface area contributed by atoms with Gasteiger partial charge in [-0.2, -0.15) is 0 Å². The second-order valence-corrected chi connectivity index (χ2v) is 9.67. The van der Waals surface area contributed by atoms with Crippen molar-refractivity contribution in [1.29, 1.82) is 0 Å². The van der Waals surface area contributed by atoms with Crippen LogP contribution in [0.25, 0.3) is 10.8 Å². The van der Waals surface area contributed by atoms with E-state index in [1.165, 1.54) is 17.4 Å². The van der Waals surface area contributed by atoms with E-state index in [0.717, 1.165) is 15.8 Å². The minimum atomic E-state index is -1.29. The number of aliphatic carboxylic acids is 1. The first-order chi connectivity index (χ1) is 17.7. The van der Waals surface area contributed by atoms with E-state index in [1.807, 2.05) is 0 Å². The van der Waals surface area contributed by atoms with Gasteiger partial charge in [0.25, 0.3) is 11.7 Å². The van der Waals surface area contributed by atoms with Crippen LogP contribution < -0.4 is 16.0 Å². The van der Waals surface area contributed by atoms with Gasteiger partial charge < -0.3 is 21.1 Å². The number of ketones is 1. The van der Waals surface area contributed by atoms with E-state index < -0.39 is 29.7 Å². The summed E-state index contributed by atoms with van der Waals surface area (Å²) in [6.07, 6.45) is 0.0362. The molecule has 1 atom stereocenters. The molecule has 1 aromatic heterocycles. The number of carboxylic acids is 1. The number of Topliss-reactive ketones (excluding diaryl/α,β-unsaturated/α-hetero) is 1. The zero-order valence-corrected chi connectivity index (χ0v) is 21.2. The standard InChI is InChI=1S/C27H22ClN3O5S/c1-15-6-4-10-20(28)23(15)31-27(36)30-21-13-17-8-3-2-7-16(17)12-19(21)24(32)25(33)29-22(26(34)35)14-18-9-5-11-37-18/h2-13,22H,14H2,1H3,(H,29,33)(H,34,35)(H2,30,31,36)/t22-/m0/s1. The molecule has 8 nitrogen and oxygen atoms in total. The van der Waals surface area contributed by atoms with Crippen molar-refractivity contribution in [3.63, 3.8) is 0 Å². The molecule has 3 amide bonds. The van der Waals surface area contributed by atoms with E-state index in [0.29, 0.717) is 16.1 Å². The van der Waals surface area contributed by atoms with E-state index in [1.54, 1.807) is 73.0 Å². The summed E-state index contributed by atoms with van der Waals surface area (Å²) >= 11 is 7.56. The highest BCUT2D eigenvalue weighted by Crippen LogP contribution is 2.28. The first kappa shape index (κ1) is 25.9. The number of hydrogen-bond acceptors (Lipinski definition) is 5. The molecule has 0 radical (unpaired) electrons. The predicted octanol–water partition coefficient (Wildman–Crippen LogP) is 5.50. The molecule has 3 aromatic carbocycles. The van der Waals surface area contributed by atoms with Gasteiger partial charge in [-0.05, 0) is 52.9 Å². The third kappa shape index (κ3) is 6.14. The Balaban J connectivity index is 1.61. The third-order valence-electron chi connectivity index (χ3n) is 5.63. The molecular weight excluding hydrogens is 514 g/mol. The van der Waals surface area contributed by atoms with Gasteiger partial charge in [-0.25, -0.2) is 9.59 Å². The number of anilines is 2. The molecule has 1 heterocycles. The minimum absolute atomic E-state index is 0.0362. The maximum Gasteiger partial charge on any atom is 0.326 e. The fraction of sp³-hybridized carbons (Fsp3) is 0.111. The van der Waals surface area contributed by atoms with Crippen LogP contribution in [0.1, 0.15) is 20.8 Å². The number of aryl methyl sites for hydroxylation is 1. The minimum Gasteiger partial charge on any atom is -0.480 e. The molecule has 0 aliphatic rings. The molecule has 0 fully saturated rings. The number of urea groups is 1. The first-order valence-corrected chi connectivity index (χ1v) is 12.4. The van der Waals surface area contributed by atoms with Gasteiger partial charge in [-0.15, -0.1) is 11.3 Å². The van der Waals surface area contributed by atoms with Crippen molar-refractivity contribution in [2.75, 3.05) is 10.6 Å². The second-order valence-electron chi connectivity index (χ2n) is 8.23. The van der Waals surface area contributed by atoms with Crippen LogP contribution >= 0.6 is 22.9 Å². The number of carbonyl (C=O) groups is 4. The van der Waals surface area contributed by atoms with Crippen LogP contribution in [0, 0.1) is 6.92 Å². The number of rotatable bonds is 8. The Labute approximate surface area is 221 Å². The van der Waals surface area contributed by atoms with Gasteiger partial charge in [-0.1, -0.05) is 54.1 Å². The summed E-state index contributed by atoms with van der Waals surface area (Å²) in [4.78, 5) is 51.4.